The molecule has 2 unspecified atom stereocenters. The molecule has 0 bridgehead atoms. The van der Waals surface area contributed by atoms with Gasteiger partial charge >= 0.3 is 0 Å². The number of nitrogens with zero attached hydrogens (tertiary/aromatic N) is 1. The normalized spacial score (nSPS) is 35.3. The van der Waals surface area contributed by atoms with Gasteiger partial charge in [-0.25, -0.2) is 0 Å². The molecule has 0 aliphatic carbocycles. The monoisotopic (exact) mass is 182 g/mol. The van der Waals surface area contributed by atoms with E-state index in [2.05, 4.69) is 17.1 Å². The van der Waals surface area contributed by atoms with Crippen LogP contribution in [0.3, 0.4) is 0 Å². The first-order chi connectivity index (χ1) is 6.29. The lowest BCUT2D eigenvalue weighted by Gasteiger charge is -2.12. The average molecular weight is 182 g/mol. The summed E-state index contributed by atoms with van der Waals surface area (Å²) in [6.07, 6.45) is 1.83. The van der Waals surface area contributed by atoms with E-state index in [1.807, 2.05) is 0 Å². The van der Waals surface area contributed by atoms with Crippen molar-refractivity contribution in [2.24, 2.45) is 11.8 Å². The third-order valence-electron chi connectivity index (χ3n) is 3.40. The minimum atomic E-state index is 0.248. The van der Waals surface area contributed by atoms with E-state index in [0.717, 1.165) is 31.8 Å². The fraction of sp³-hybridized carbons (Fsp3) is 0.900. The Morgan fingerprint density at radius 3 is 3.00 bits per heavy atom. The zero-order valence-corrected chi connectivity index (χ0v) is 8.25. The Morgan fingerprint density at radius 1 is 1.46 bits per heavy atom. The van der Waals surface area contributed by atoms with Crippen LogP contribution in [0.1, 0.15) is 19.8 Å². The molecule has 3 nitrogen and oxygen atoms in total. The van der Waals surface area contributed by atoms with E-state index in [9.17, 15) is 4.79 Å². The number of carbonyl (C=O) groups excluding carboxylic acids is 1. The van der Waals surface area contributed by atoms with Crippen molar-refractivity contribution in [3.8, 4) is 0 Å². The standard InChI is InChI=1S/C10H18N2O/c1-2-12-6-8-3-4-10(13)11-5-9(8)7-12/h8-9H,2-7H2,1H3,(H,11,13). The zero-order chi connectivity index (χ0) is 9.26. The van der Waals surface area contributed by atoms with Crippen molar-refractivity contribution in [1.82, 2.24) is 10.2 Å². The second kappa shape index (κ2) is 3.66. The van der Waals surface area contributed by atoms with Gasteiger partial charge in [0.05, 0.1) is 0 Å². The lowest BCUT2D eigenvalue weighted by molar-refractivity contribution is -0.120. The van der Waals surface area contributed by atoms with Crippen LogP contribution < -0.4 is 5.32 Å². The largest absolute Gasteiger partial charge is 0.356 e. The molecule has 74 valence electrons. The van der Waals surface area contributed by atoms with Crippen molar-refractivity contribution >= 4 is 5.91 Å². The Hall–Kier alpha value is -0.570. The molecule has 2 atom stereocenters. The molecule has 1 N–H and O–H groups in total. The molecule has 0 spiro atoms. The number of hydrogen-bond donors (Lipinski definition) is 1. The quantitative estimate of drug-likeness (QED) is 0.639. The van der Waals surface area contributed by atoms with Crippen LogP contribution in [0.25, 0.3) is 0 Å². The fourth-order valence-electron chi connectivity index (χ4n) is 2.50. The van der Waals surface area contributed by atoms with E-state index >= 15 is 0 Å². The molecule has 0 radical (unpaired) electrons. The van der Waals surface area contributed by atoms with Crippen LogP contribution >= 0.6 is 0 Å². The van der Waals surface area contributed by atoms with Gasteiger partial charge < -0.3 is 10.2 Å². The van der Waals surface area contributed by atoms with E-state index < -0.39 is 0 Å². The van der Waals surface area contributed by atoms with Gasteiger partial charge in [-0.3, -0.25) is 4.79 Å². The molecule has 0 aromatic heterocycles. The van der Waals surface area contributed by atoms with Gasteiger partial charge in [0.15, 0.2) is 0 Å². The van der Waals surface area contributed by atoms with Crippen LogP contribution in [-0.4, -0.2) is 37.0 Å². The highest BCUT2D eigenvalue weighted by Gasteiger charge is 2.33. The molecule has 13 heavy (non-hydrogen) atoms. The van der Waals surface area contributed by atoms with Gasteiger partial charge in [0.25, 0.3) is 0 Å². The number of carbonyl (C=O) groups is 1. The van der Waals surface area contributed by atoms with Crippen molar-refractivity contribution in [1.29, 1.82) is 0 Å². The zero-order valence-electron chi connectivity index (χ0n) is 8.25. The number of amides is 1. The summed E-state index contributed by atoms with van der Waals surface area (Å²) in [5, 5.41) is 2.99. The van der Waals surface area contributed by atoms with Crippen LogP contribution in [-0.2, 0) is 4.79 Å². The molecular weight excluding hydrogens is 164 g/mol. The van der Waals surface area contributed by atoms with Gasteiger partial charge in [-0.05, 0) is 24.8 Å². The predicted molar refractivity (Wildman–Crippen MR) is 51.3 cm³/mol. The lowest BCUT2D eigenvalue weighted by Crippen LogP contribution is -2.29. The van der Waals surface area contributed by atoms with Crippen molar-refractivity contribution in [3.05, 3.63) is 0 Å². The molecule has 3 heteroatoms. The van der Waals surface area contributed by atoms with Gasteiger partial charge in [0.2, 0.25) is 5.91 Å². The van der Waals surface area contributed by atoms with Gasteiger partial charge in [-0.1, -0.05) is 6.92 Å². The summed E-state index contributed by atoms with van der Waals surface area (Å²) < 4.78 is 0. The van der Waals surface area contributed by atoms with Crippen molar-refractivity contribution in [2.45, 2.75) is 19.8 Å². The molecule has 2 fully saturated rings. The van der Waals surface area contributed by atoms with E-state index in [1.54, 1.807) is 0 Å². The molecule has 2 heterocycles. The molecule has 2 aliphatic rings. The third kappa shape index (κ3) is 1.85. The SMILES string of the molecule is CCN1CC2CCC(=O)NCC2C1. The highest BCUT2D eigenvalue weighted by Crippen LogP contribution is 2.28. The lowest BCUT2D eigenvalue weighted by atomic mass is 9.93. The Kier molecular flexibility index (Phi) is 2.54. The van der Waals surface area contributed by atoms with Gasteiger partial charge in [-0.15, -0.1) is 0 Å². The highest BCUT2D eigenvalue weighted by molar-refractivity contribution is 5.76. The maximum Gasteiger partial charge on any atom is 0.220 e. The van der Waals surface area contributed by atoms with Crippen LogP contribution in [0.2, 0.25) is 0 Å². The van der Waals surface area contributed by atoms with E-state index in [1.165, 1.54) is 13.1 Å². The Morgan fingerprint density at radius 2 is 2.23 bits per heavy atom. The Balaban J connectivity index is 1.96. The third-order valence-corrected chi connectivity index (χ3v) is 3.40. The molecule has 2 aliphatic heterocycles. The van der Waals surface area contributed by atoms with Gasteiger partial charge in [0, 0.05) is 26.1 Å². The second-order valence-electron chi connectivity index (χ2n) is 4.22. The fourth-order valence-corrected chi connectivity index (χ4v) is 2.50. The smallest absolute Gasteiger partial charge is 0.220 e. The molecule has 2 rings (SSSR count). The van der Waals surface area contributed by atoms with Gasteiger partial charge in [0.1, 0.15) is 0 Å². The molecule has 0 aromatic carbocycles. The number of rotatable bonds is 1. The summed E-state index contributed by atoms with van der Waals surface area (Å²) in [4.78, 5) is 13.6. The molecule has 0 saturated carbocycles. The summed E-state index contributed by atoms with van der Waals surface area (Å²) in [6, 6.07) is 0. The van der Waals surface area contributed by atoms with Crippen molar-refractivity contribution < 1.29 is 4.79 Å². The first-order valence-electron chi connectivity index (χ1n) is 5.28. The van der Waals surface area contributed by atoms with Crippen LogP contribution in [0.5, 0.6) is 0 Å². The maximum absolute atomic E-state index is 11.1. The number of nitrogens with one attached hydrogen (secondary N) is 1. The molecule has 0 aromatic rings. The topological polar surface area (TPSA) is 32.3 Å². The Labute approximate surface area is 79.5 Å². The van der Waals surface area contributed by atoms with Crippen LogP contribution in [0.15, 0.2) is 0 Å². The summed E-state index contributed by atoms with van der Waals surface area (Å²) in [5.74, 6) is 1.72. The van der Waals surface area contributed by atoms with Crippen LogP contribution in [0.4, 0.5) is 0 Å². The second-order valence-corrected chi connectivity index (χ2v) is 4.22. The number of fused-ring (bicyclic) bond motifs is 1. The first kappa shape index (κ1) is 9.00. The number of likely N-dealkylation sites (tertiary alicyclic amines) is 1. The minimum absolute atomic E-state index is 0.248. The van der Waals surface area contributed by atoms with E-state index in [4.69, 9.17) is 0 Å². The molecular formula is C10H18N2O. The van der Waals surface area contributed by atoms with E-state index in [0.29, 0.717) is 5.92 Å². The first-order valence-corrected chi connectivity index (χ1v) is 5.28. The predicted octanol–water partition coefficient (Wildman–Crippen LogP) is 0.464. The molecule has 1 amide bonds. The maximum atomic E-state index is 11.1. The minimum Gasteiger partial charge on any atom is -0.356 e. The highest BCUT2D eigenvalue weighted by atomic mass is 16.1. The molecule has 2 saturated heterocycles. The van der Waals surface area contributed by atoms with E-state index in [-0.39, 0.29) is 5.91 Å². The summed E-state index contributed by atoms with van der Waals surface area (Å²) in [7, 11) is 0. The van der Waals surface area contributed by atoms with Crippen LogP contribution in [0, 0.1) is 11.8 Å². The Bertz CT molecular complexity index is 187. The summed E-state index contributed by atoms with van der Waals surface area (Å²) in [6.45, 7) is 6.66. The van der Waals surface area contributed by atoms with Crippen molar-refractivity contribution in [2.75, 3.05) is 26.2 Å². The summed E-state index contributed by atoms with van der Waals surface area (Å²) in [5.41, 5.74) is 0. The number of hydrogen-bond acceptors (Lipinski definition) is 2. The van der Waals surface area contributed by atoms with Crippen molar-refractivity contribution in [3.63, 3.8) is 0 Å². The average Bonchev–Trinajstić information content (AvgIpc) is 2.47. The summed E-state index contributed by atoms with van der Waals surface area (Å²) >= 11 is 0. The van der Waals surface area contributed by atoms with Gasteiger partial charge in [-0.2, -0.15) is 0 Å².